The van der Waals surface area contributed by atoms with E-state index in [2.05, 4.69) is 35.9 Å². The molecule has 3 aromatic carbocycles. The van der Waals surface area contributed by atoms with Crippen molar-refractivity contribution in [2.45, 2.75) is 60.0 Å². The Morgan fingerprint density at radius 2 is 1.49 bits per heavy atom. The van der Waals surface area contributed by atoms with Crippen molar-refractivity contribution in [3.63, 3.8) is 0 Å². The van der Waals surface area contributed by atoms with Gasteiger partial charge in [0.15, 0.2) is 0 Å². The van der Waals surface area contributed by atoms with Crippen LogP contribution in [0.15, 0.2) is 95.6 Å². The number of rotatable bonds is 10. The molecule has 3 aromatic rings. The minimum Gasteiger partial charge on any atom is -0.291 e. The summed E-state index contributed by atoms with van der Waals surface area (Å²) < 4.78 is 14.4. The van der Waals surface area contributed by atoms with Crippen molar-refractivity contribution in [3.8, 4) is 0 Å². The van der Waals surface area contributed by atoms with Crippen LogP contribution < -0.4 is 0 Å². The van der Waals surface area contributed by atoms with E-state index in [0.717, 1.165) is 16.8 Å². The summed E-state index contributed by atoms with van der Waals surface area (Å²) in [5.74, 6) is -0.278. The van der Waals surface area contributed by atoms with Crippen molar-refractivity contribution in [2.24, 2.45) is 4.99 Å². The number of benzene rings is 3. The summed E-state index contributed by atoms with van der Waals surface area (Å²) in [6.07, 6.45) is 5.97. The lowest BCUT2D eigenvalue weighted by atomic mass is 10.1. The number of aliphatic imine (C=N–C) groups is 1. The van der Waals surface area contributed by atoms with Crippen LogP contribution in [-0.2, 0) is 13.1 Å². The minimum atomic E-state index is -0.278. The first kappa shape index (κ1) is 28.5. The Morgan fingerprint density at radius 1 is 0.857 bits per heavy atom. The molecule has 4 heteroatoms. The fraction of sp³-hybridized carbons (Fsp3) is 0.323. The SMILES string of the molecule is CC(=N/C=C(\C)CN(Cc1ccccc1)Cc1c(F)cccc1Cl)c1ccccc1.CCCCC. The summed E-state index contributed by atoms with van der Waals surface area (Å²) >= 11 is 6.28. The monoisotopic (exact) mass is 492 g/mol. The van der Waals surface area contributed by atoms with Gasteiger partial charge in [-0.3, -0.25) is 9.89 Å². The van der Waals surface area contributed by atoms with Gasteiger partial charge >= 0.3 is 0 Å². The molecule has 0 atom stereocenters. The Bertz CT molecular complexity index is 1040. The summed E-state index contributed by atoms with van der Waals surface area (Å²) in [4.78, 5) is 6.80. The molecule has 0 spiro atoms. The van der Waals surface area contributed by atoms with Gasteiger partial charge in [0.25, 0.3) is 0 Å². The highest BCUT2D eigenvalue weighted by Crippen LogP contribution is 2.22. The first-order valence-electron chi connectivity index (χ1n) is 12.4. The zero-order valence-electron chi connectivity index (χ0n) is 21.5. The predicted octanol–water partition coefficient (Wildman–Crippen LogP) is 9.09. The molecular weight excluding hydrogens is 455 g/mol. The molecule has 0 fully saturated rings. The van der Waals surface area contributed by atoms with Crippen LogP contribution >= 0.6 is 11.6 Å². The van der Waals surface area contributed by atoms with E-state index < -0.39 is 0 Å². The van der Waals surface area contributed by atoms with Crippen molar-refractivity contribution in [3.05, 3.63) is 118 Å². The maximum Gasteiger partial charge on any atom is 0.129 e. The highest BCUT2D eigenvalue weighted by atomic mass is 35.5. The van der Waals surface area contributed by atoms with E-state index in [1.807, 2.05) is 68.6 Å². The molecule has 0 unspecified atom stereocenters. The quantitative estimate of drug-likeness (QED) is 0.257. The van der Waals surface area contributed by atoms with Gasteiger partial charge in [0.1, 0.15) is 5.82 Å². The fourth-order valence-electron chi connectivity index (χ4n) is 3.62. The number of hydrogen-bond acceptors (Lipinski definition) is 2. The first-order chi connectivity index (χ1) is 16.9. The van der Waals surface area contributed by atoms with E-state index >= 15 is 0 Å². The standard InChI is InChI=1S/C26H26ClFN2.C5H12/c1-20(16-29-21(2)23-12-7-4-8-13-23)17-30(18-22-10-5-3-6-11-22)19-24-25(27)14-9-15-26(24)28;1-3-5-4-2/h3-16H,17-19H2,1-2H3;3-5H2,1-2H3/b20-16+,29-21?;. The van der Waals surface area contributed by atoms with Crippen LogP contribution in [0.2, 0.25) is 5.02 Å². The molecule has 3 rings (SSSR count). The van der Waals surface area contributed by atoms with Crippen LogP contribution in [0.5, 0.6) is 0 Å². The van der Waals surface area contributed by atoms with Crippen LogP contribution in [0.25, 0.3) is 0 Å². The molecule has 2 nitrogen and oxygen atoms in total. The lowest BCUT2D eigenvalue weighted by Crippen LogP contribution is -2.25. The predicted molar refractivity (Wildman–Crippen MR) is 150 cm³/mol. The second-order valence-corrected chi connectivity index (χ2v) is 9.15. The number of nitrogens with zero attached hydrogens (tertiary/aromatic N) is 2. The topological polar surface area (TPSA) is 15.6 Å². The summed E-state index contributed by atoms with van der Waals surface area (Å²) in [7, 11) is 0. The molecule has 0 radical (unpaired) electrons. The van der Waals surface area contributed by atoms with Crippen LogP contribution in [0.4, 0.5) is 4.39 Å². The van der Waals surface area contributed by atoms with Gasteiger partial charge in [0, 0.05) is 42.1 Å². The molecule has 0 aliphatic carbocycles. The average Bonchev–Trinajstić information content (AvgIpc) is 2.87. The smallest absolute Gasteiger partial charge is 0.129 e. The minimum absolute atomic E-state index is 0.278. The fourth-order valence-corrected chi connectivity index (χ4v) is 3.85. The van der Waals surface area contributed by atoms with Crippen LogP contribution in [0, 0.1) is 5.82 Å². The number of halogens is 2. The summed E-state index contributed by atoms with van der Waals surface area (Å²) in [6.45, 7) is 10.2. The van der Waals surface area contributed by atoms with Crippen molar-refractivity contribution in [1.82, 2.24) is 4.90 Å². The third kappa shape index (κ3) is 10.6. The molecule has 0 aromatic heterocycles. The zero-order chi connectivity index (χ0) is 25.5. The molecular formula is C31H38ClFN2. The van der Waals surface area contributed by atoms with Gasteiger partial charge in [-0.2, -0.15) is 0 Å². The zero-order valence-corrected chi connectivity index (χ0v) is 22.2. The molecule has 35 heavy (non-hydrogen) atoms. The molecule has 0 bridgehead atoms. The molecule has 0 saturated heterocycles. The van der Waals surface area contributed by atoms with Crippen LogP contribution in [-0.4, -0.2) is 17.2 Å². The maximum atomic E-state index is 14.4. The second kappa shape index (κ2) is 16.0. The van der Waals surface area contributed by atoms with Crippen molar-refractivity contribution >= 4 is 17.3 Å². The third-order valence-corrected chi connectivity index (χ3v) is 5.90. The first-order valence-corrected chi connectivity index (χ1v) is 12.8. The molecule has 0 aliphatic rings. The molecule has 0 N–H and O–H groups in total. The average molecular weight is 493 g/mol. The van der Waals surface area contributed by atoms with Gasteiger partial charge in [0.05, 0.1) is 0 Å². The largest absolute Gasteiger partial charge is 0.291 e. The van der Waals surface area contributed by atoms with Crippen molar-refractivity contribution < 1.29 is 4.39 Å². The van der Waals surface area contributed by atoms with Crippen LogP contribution in [0.3, 0.4) is 0 Å². The Balaban J connectivity index is 0.000000784. The lowest BCUT2D eigenvalue weighted by Gasteiger charge is -2.23. The number of hydrogen-bond donors (Lipinski definition) is 0. The van der Waals surface area contributed by atoms with Gasteiger partial charge in [-0.25, -0.2) is 4.39 Å². The molecule has 0 amide bonds. The Kier molecular flexibility index (Phi) is 13.0. The van der Waals surface area contributed by atoms with E-state index in [1.54, 1.807) is 12.1 Å². The van der Waals surface area contributed by atoms with E-state index in [-0.39, 0.29) is 5.82 Å². The van der Waals surface area contributed by atoms with E-state index in [9.17, 15) is 4.39 Å². The van der Waals surface area contributed by atoms with Gasteiger partial charge in [-0.1, -0.05) is 111 Å². The summed E-state index contributed by atoms with van der Waals surface area (Å²) in [5.41, 5.74) is 4.84. The molecule has 0 heterocycles. The lowest BCUT2D eigenvalue weighted by molar-refractivity contribution is 0.275. The normalized spacial score (nSPS) is 11.9. The van der Waals surface area contributed by atoms with Crippen molar-refractivity contribution in [1.29, 1.82) is 0 Å². The second-order valence-electron chi connectivity index (χ2n) is 8.74. The Labute approximate surface area is 216 Å². The highest BCUT2D eigenvalue weighted by Gasteiger charge is 2.14. The summed E-state index contributed by atoms with van der Waals surface area (Å²) in [6, 6.07) is 25.1. The van der Waals surface area contributed by atoms with Crippen molar-refractivity contribution in [2.75, 3.05) is 6.54 Å². The van der Waals surface area contributed by atoms with E-state index in [1.165, 1.54) is 30.9 Å². The molecule has 0 aliphatic heterocycles. The van der Waals surface area contributed by atoms with E-state index in [0.29, 0.717) is 30.2 Å². The maximum absolute atomic E-state index is 14.4. The van der Waals surface area contributed by atoms with Gasteiger partial charge in [-0.15, -0.1) is 0 Å². The van der Waals surface area contributed by atoms with Gasteiger partial charge in [0.2, 0.25) is 0 Å². The Morgan fingerprint density at radius 3 is 2.06 bits per heavy atom. The van der Waals surface area contributed by atoms with Gasteiger partial charge in [-0.05, 0) is 42.7 Å². The highest BCUT2D eigenvalue weighted by molar-refractivity contribution is 6.31. The van der Waals surface area contributed by atoms with Crippen LogP contribution in [0.1, 0.15) is 63.6 Å². The molecule has 0 saturated carbocycles. The number of unbranched alkanes of at least 4 members (excludes halogenated alkanes) is 2. The molecule has 186 valence electrons. The van der Waals surface area contributed by atoms with E-state index in [4.69, 9.17) is 11.6 Å². The third-order valence-electron chi connectivity index (χ3n) is 5.54. The Hall–Kier alpha value is -2.75. The van der Waals surface area contributed by atoms with Gasteiger partial charge < -0.3 is 0 Å². The summed E-state index contributed by atoms with van der Waals surface area (Å²) in [5, 5.41) is 0.452.